The molecule has 2 amide bonds. The third kappa shape index (κ3) is 6.20. The number of nitrogens with one attached hydrogen (secondary N) is 2. The highest BCUT2D eigenvalue weighted by Gasteiger charge is 2.60. The van der Waals surface area contributed by atoms with E-state index in [1.54, 1.807) is 11.8 Å². The third-order valence-electron chi connectivity index (χ3n) is 12.6. The fourth-order valence-electron chi connectivity index (χ4n) is 10.2. The summed E-state index contributed by atoms with van der Waals surface area (Å²) in [6, 6.07) is -0.241. The molecule has 46 heavy (non-hydrogen) atoms. The zero-order valence-corrected chi connectivity index (χ0v) is 27.7. The average molecular weight is 644 g/mol. The van der Waals surface area contributed by atoms with Crippen LogP contribution in [0.2, 0.25) is 0 Å². The molecule has 0 aromatic heterocycles. The molecular weight excluding hydrogens is 589 g/mol. The van der Waals surface area contributed by atoms with E-state index in [0.717, 1.165) is 32.2 Å². The van der Waals surface area contributed by atoms with Crippen LogP contribution in [0.4, 0.5) is 9.18 Å². The Morgan fingerprint density at radius 1 is 1.02 bits per heavy atom. The first-order valence-corrected chi connectivity index (χ1v) is 18.3. The maximum atomic E-state index is 16.4. The Labute approximate surface area is 273 Å². The average Bonchev–Trinajstić information content (AvgIpc) is 3.47. The van der Waals surface area contributed by atoms with Crippen molar-refractivity contribution in [2.75, 3.05) is 39.8 Å². The van der Waals surface area contributed by atoms with Crippen LogP contribution in [0.15, 0.2) is 11.8 Å². The Hall–Kier alpha value is -2.24. The summed E-state index contributed by atoms with van der Waals surface area (Å²) < 4.78 is 28.5. The van der Waals surface area contributed by atoms with Crippen LogP contribution in [0.25, 0.3) is 0 Å². The quantitative estimate of drug-likeness (QED) is 0.407. The number of hydrogen-bond donors (Lipinski definition) is 2. The van der Waals surface area contributed by atoms with Crippen molar-refractivity contribution in [3.63, 3.8) is 0 Å². The van der Waals surface area contributed by atoms with Gasteiger partial charge in [-0.15, -0.1) is 0 Å². The third-order valence-corrected chi connectivity index (χ3v) is 12.6. The summed E-state index contributed by atoms with van der Waals surface area (Å²) in [4.78, 5) is 46.2. The van der Waals surface area contributed by atoms with E-state index in [1.807, 2.05) is 6.20 Å². The minimum atomic E-state index is -1.27. The van der Waals surface area contributed by atoms with E-state index in [2.05, 4.69) is 27.5 Å². The first-order chi connectivity index (χ1) is 22.3. The van der Waals surface area contributed by atoms with Gasteiger partial charge >= 0.3 is 6.09 Å². The van der Waals surface area contributed by atoms with Gasteiger partial charge in [0.1, 0.15) is 6.17 Å². The summed E-state index contributed by atoms with van der Waals surface area (Å²) in [5.74, 6) is 0.0902. The Morgan fingerprint density at radius 3 is 2.50 bits per heavy atom. The van der Waals surface area contributed by atoms with E-state index in [-0.39, 0.29) is 54.0 Å². The zero-order chi connectivity index (χ0) is 31.9. The lowest BCUT2D eigenvalue weighted by Crippen LogP contribution is -2.74. The molecule has 256 valence electrons. The largest absolute Gasteiger partial charge is 0.450 e. The molecule has 3 aliphatic carbocycles. The van der Waals surface area contributed by atoms with Gasteiger partial charge in [0.2, 0.25) is 0 Å². The summed E-state index contributed by atoms with van der Waals surface area (Å²) in [5, 5.41) is 6.68. The van der Waals surface area contributed by atoms with Crippen molar-refractivity contribution in [3.8, 4) is 0 Å². The van der Waals surface area contributed by atoms with Crippen molar-refractivity contribution in [3.05, 3.63) is 11.8 Å². The second-order valence-corrected chi connectivity index (χ2v) is 15.2. The van der Waals surface area contributed by atoms with Crippen LogP contribution in [0, 0.1) is 17.8 Å². The van der Waals surface area contributed by atoms with Gasteiger partial charge in [-0.05, 0) is 83.7 Å². The van der Waals surface area contributed by atoms with Gasteiger partial charge in [-0.25, -0.2) is 9.18 Å². The highest BCUT2D eigenvalue weighted by atomic mass is 19.1. The van der Waals surface area contributed by atoms with Gasteiger partial charge in [0, 0.05) is 43.8 Å². The molecule has 4 heterocycles. The second kappa shape index (κ2) is 13.7. The first-order valence-electron chi connectivity index (χ1n) is 18.3. The lowest BCUT2D eigenvalue weighted by atomic mass is 9.64. The molecular formula is C35H54FN5O5. The molecule has 0 aromatic carbocycles. The van der Waals surface area contributed by atoms with Crippen molar-refractivity contribution in [2.45, 2.75) is 133 Å². The van der Waals surface area contributed by atoms with E-state index in [4.69, 9.17) is 9.47 Å². The first kappa shape index (κ1) is 32.3. The second-order valence-electron chi connectivity index (χ2n) is 15.2. The highest BCUT2D eigenvalue weighted by Crippen LogP contribution is 2.50. The number of alkyl halides is 1. The molecule has 10 nitrogen and oxygen atoms in total. The predicted molar refractivity (Wildman–Crippen MR) is 171 cm³/mol. The molecule has 6 fully saturated rings. The van der Waals surface area contributed by atoms with E-state index < -0.39 is 24.2 Å². The maximum absolute atomic E-state index is 16.4. The highest BCUT2D eigenvalue weighted by molar-refractivity contribution is 6.20. The van der Waals surface area contributed by atoms with Crippen LogP contribution in [0.1, 0.15) is 84.0 Å². The van der Waals surface area contributed by atoms with Gasteiger partial charge in [-0.1, -0.05) is 25.7 Å². The van der Waals surface area contributed by atoms with Crippen LogP contribution in [-0.2, 0) is 19.1 Å². The Morgan fingerprint density at radius 2 is 1.78 bits per heavy atom. The van der Waals surface area contributed by atoms with Gasteiger partial charge < -0.3 is 34.8 Å². The Balaban J connectivity index is 1.10. The summed E-state index contributed by atoms with van der Waals surface area (Å²) in [6.07, 6.45) is 11.4. The number of piperidine rings is 1. The molecule has 0 aromatic rings. The monoisotopic (exact) mass is 643 g/mol. The Kier molecular flexibility index (Phi) is 9.63. The fourth-order valence-corrected chi connectivity index (χ4v) is 10.2. The molecule has 10 atom stereocenters. The number of halogens is 1. The van der Waals surface area contributed by atoms with E-state index in [0.29, 0.717) is 57.0 Å². The number of amides is 2. The number of likely N-dealkylation sites (tertiary alicyclic amines) is 2. The number of Topliss-reactive ketones (excluding diaryl/α,β-unsaturated/α-hetero) is 1. The zero-order valence-electron chi connectivity index (χ0n) is 27.7. The van der Waals surface area contributed by atoms with E-state index >= 15 is 4.39 Å². The molecule has 7 aliphatic rings. The molecule has 4 aliphatic heterocycles. The van der Waals surface area contributed by atoms with Crippen molar-refractivity contribution in [1.29, 1.82) is 0 Å². The number of nitrogens with zero attached hydrogens (tertiary/aromatic N) is 3. The summed E-state index contributed by atoms with van der Waals surface area (Å²) in [5.41, 5.74) is 0.191. The number of carbonyl (C=O) groups excluding carboxylic acids is 3. The van der Waals surface area contributed by atoms with Gasteiger partial charge in [0.25, 0.3) is 5.91 Å². The van der Waals surface area contributed by atoms with Gasteiger partial charge in [0.05, 0.1) is 42.5 Å². The van der Waals surface area contributed by atoms with Crippen molar-refractivity contribution in [2.24, 2.45) is 17.8 Å². The van der Waals surface area contributed by atoms with E-state index in [9.17, 15) is 14.4 Å². The molecule has 0 spiro atoms. The standard InChI is InChI=1S/C35H54FN5O5/c1-3-45-35(44)40-15-11-23(12-16-40)38-30-27(36)19-25-31-33(30)46-29-18-22-8-5-4-7-21(22)17-28(29)41(31)20-26(32(25)42)34(43)37-13-10-24-9-6-14-39(24)2/h20-25,27-31,33,38H,3-19H2,1-2H3,(H,37,43). The smallest absolute Gasteiger partial charge is 0.409 e. The molecule has 10 unspecified atom stereocenters. The molecule has 7 rings (SSSR count). The number of carbonyl (C=O) groups is 3. The lowest BCUT2D eigenvalue weighted by molar-refractivity contribution is -0.209. The Bertz CT molecular complexity index is 1180. The number of ketones is 1. The van der Waals surface area contributed by atoms with Crippen LogP contribution in [0.3, 0.4) is 0 Å². The number of hydrogen-bond acceptors (Lipinski definition) is 8. The maximum Gasteiger partial charge on any atom is 0.409 e. The molecule has 0 radical (unpaired) electrons. The number of ether oxygens (including phenoxy) is 2. The summed E-state index contributed by atoms with van der Waals surface area (Å²) in [7, 11) is 2.13. The fraction of sp³-hybridized carbons (Fsp3) is 0.857. The van der Waals surface area contributed by atoms with Crippen molar-refractivity contribution in [1.82, 2.24) is 25.3 Å². The SMILES string of the molecule is CCOC(=O)N1CCC(NC2C(F)CC3C(=O)C(C(=O)NCCC4CCCN4C)=CN4C5CC6CCCCC6CC5OC2C34)CC1. The van der Waals surface area contributed by atoms with Gasteiger partial charge in [-0.2, -0.15) is 0 Å². The number of rotatable bonds is 7. The number of fused-ring (bicyclic) bond motifs is 3. The van der Waals surface area contributed by atoms with Crippen molar-refractivity contribution < 1.29 is 28.2 Å². The van der Waals surface area contributed by atoms with Crippen LogP contribution < -0.4 is 10.6 Å². The molecule has 3 saturated heterocycles. The summed E-state index contributed by atoms with van der Waals surface area (Å²) >= 11 is 0. The van der Waals surface area contributed by atoms with E-state index in [1.165, 1.54) is 32.1 Å². The van der Waals surface area contributed by atoms with Gasteiger partial charge in [-0.3, -0.25) is 9.59 Å². The summed E-state index contributed by atoms with van der Waals surface area (Å²) in [6.45, 7) is 4.89. The van der Waals surface area contributed by atoms with Crippen LogP contribution in [0.5, 0.6) is 0 Å². The molecule has 0 bridgehead atoms. The van der Waals surface area contributed by atoms with Crippen LogP contribution in [-0.4, -0.2) is 121 Å². The topological polar surface area (TPSA) is 103 Å². The normalized spacial score (nSPS) is 39.6. The van der Waals surface area contributed by atoms with Crippen molar-refractivity contribution >= 4 is 17.8 Å². The van der Waals surface area contributed by atoms with Crippen LogP contribution >= 0.6 is 0 Å². The molecule has 2 N–H and O–H groups in total. The lowest BCUT2D eigenvalue weighted by Gasteiger charge is -2.61. The molecule has 11 heteroatoms. The predicted octanol–water partition coefficient (Wildman–Crippen LogP) is 3.40. The molecule has 3 saturated carbocycles. The minimum absolute atomic E-state index is 0.0458. The minimum Gasteiger partial charge on any atom is -0.450 e. The number of morpholine rings is 1. The van der Waals surface area contributed by atoms with Gasteiger partial charge in [0.15, 0.2) is 5.78 Å².